The zero-order valence-corrected chi connectivity index (χ0v) is 12.0. The Balaban J connectivity index is 2.02. The van der Waals surface area contributed by atoms with Gasteiger partial charge in [-0.25, -0.2) is 0 Å². The summed E-state index contributed by atoms with van der Waals surface area (Å²) >= 11 is 0. The average Bonchev–Trinajstić information content (AvgIpc) is 2.46. The van der Waals surface area contributed by atoms with Crippen molar-refractivity contribution in [2.45, 2.75) is 12.8 Å². The van der Waals surface area contributed by atoms with Gasteiger partial charge in [0.1, 0.15) is 5.75 Å². The van der Waals surface area contributed by atoms with E-state index in [1.807, 2.05) is 48.5 Å². The van der Waals surface area contributed by atoms with Crippen molar-refractivity contribution in [3.05, 3.63) is 72.3 Å². The highest BCUT2D eigenvalue weighted by molar-refractivity contribution is 7.39. The van der Waals surface area contributed by atoms with Crippen molar-refractivity contribution in [1.82, 2.24) is 0 Å². The zero-order valence-electron chi connectivity index (χ0n) is 11.1. The number of benzene rings is 2. The predicted octanol–water partition coefficient (Wildman–Crippen LogP) is 3.92. The van der Waals surface area contributed by atoms with E-state index in [0.29, 0.717) is 5.75 Å². The summed E-state index contributed by atoms with van der Waals surface area (Å²) < 4.78 is 5.03. The maximum atomic E-state index is 8.97. The van der Waals surface area contributed by atoms with E-state index in [0.717, 1.165) is 29.5 Å². The Bertz CT molecular complexity index is 567. The van der Waals surface area contributed by atoms with E-state index >= 15 is 0 Å². The molecule has 0 radical (unpaired) electrons. The molecular weight excluding hydrogens is 271 g/mol. The molecule has 0 unspecified atom stereocenters. The molecular formula is C16H17O3P. The number of rotatable bonds is 6. The molecule has 2 aromatic carbocycles. The summed E-state index contributed by atoms with van der Waals surface area (Å²) in [6.45, 7) is 4.10. The molecule has 0 heterocycles. The first kappa shape index (κ1) is 14.7. The molecule has 20 heavy (non-hydrogen) atoms. The number of hydrogen-bond acceptors (Lipinski definition) is 3. The molecule has 0 aliphatic carbocycles. The molecule has 0 aliphatic rings. The normalized spacial score (nSPS) is 10.6. The minimum Gasteiger partial charge on any atom is -0.427 e. The monoisotopic (exact) mass is 288 g/mol. The second kappa shape index (κ2) is 7.20. The summed E-state index contributed by atoms with van der Waals surface area (Å²) in [6, 6.07) is 17.4. The van der Waals surface area contributed by atoms with Crippen LogP contribution < -0.4 is 4.52 Å². The Labute approximate surface area is 120 Å². The zero-order chi connectivity index (χ0) is 14.4. The van der Waals surface area contributed by atoms with Gasteiger partial charge in [-0.3, -0.25) is 0 Å². The molecule has 0 atom stereocenters. The van der Waals surface area contributed by atoms with Crippen LogP contribution in [0.15, 0.2) is 61.2 Å². The van der Waals surface area contributed by atoms with Gasteiger partial charge >= 0.3 is 8.60 Å². The smallest absolute Gasteiger partial charge is 0.391 e. The molecule has 104 valence electrons. The molecule has 0 saturated carbocycles. The number of para-hydroxylation sites is 1. The van der Waals surface area contributed by atoms with Crippen LogP contribution in [0.1, 0.15) is 17.5 Å². The third-order valence-electron chi connectivity index (χ3n) is 3.03. The van der Waals surface area contributed by atoms with Crippen molar-refractivity contribution in [3.8, 4) is 5.75 Å². The summed E-state index contributed by atoms with van der Waals surface area (Å²) in [4.78, 5) is 17.9. The lowest BCUT2D eigenvalue weighted by Crippen LogP contribution is -1.94. The minimum atomic E-state index is -2.39. The number of aryl methyl sites for hydroxylation is 1. The molecule has 0 saturated heterocycles. The van der Waals surface area contributed by atoms with E-state index in [2.05, 4.69) is 6.58 Å². The van der Waals surface area contributed by atoms with Crippen molar-refractivity contribution in [3.63, 3.8) is 0 Å². The van der Waals surface area contributed by atoms with Crippen molar-refractivity contribution in [2.24, 2.45) is 0 Å². The van der Waals surface area contributed by atoms with Gasteiger partial charge in [0, 0.05) is 0 Å². The van der Waals surface area contributed by atoms with Gasteiger partial charge < -0.3 is 14.3 Å². The Kier molecular flexibility index (Phi) is 5.31. The fourth-order valence-electron chi connectivity index (χ4n) is 1.99. The van der Waals surface area contributed by atoms with Gasteiger partial charge in [0.15, 0.2) is 0 Å². The molecule has 0 aromatic heterocycles. The highest BCUT2D eigenvalue weighted by atomic mass is 31.2. The maximum Gasteiger partial charge on any atom is 0.391 e. The topological polar surface area (TPSA) is 49.7 Å². The van der Waals surface area contributed by atoms with Gasteiger partial charge in [0.25, 0.3) is 0 Å². The molecule has 2 rings (SSSR count). The second-order valence-electron chi connectivity index (χ2n) is 4.42. The van der Waals surface area contributed by atoms with Gasteiger partial charge in [-0.2, -0.15) is 0 Å². The molecule has 0 aliphatic heterocycles. The van der Waals surface area contributed by atoms with Gasteiger partial charge in [0.05, 0.1) is 0 Å². The van der Waals surface area contributed by atoms with Crippen molar-refractivity contribution < 1.29 is 14.3 Å². The molecule has 2 aromatic rings. The van der Waals surface area contributed by atoms with Gasteiger partial charge in [0.2, 0.25) is 0 Å². The lowest BCUT2D eigenvalue weighted by atomic mass is 9.99. The van der Waals surface area contributed by atoms with Crippen LogP contribution in [0.3, 0.4) is 0 Å². The standard InChI is InChI=1S/C16H17O3P/c1-13(14-7-3-2-4-8-14)11-12-15-9-5-6-10-16(15)19-20(17)18/h2-10,17-18H,1,11-12H2. The molecule has 0 fully saturated rings. The third-order valence-corrected chi connectivity index (χ3v) is 3.39. The summed E-state index contributed by atoms with van der Waals surface area (Å²) in [6.07, 6.45) is 1.53. The molecule has 0 amide bonds. The largest absolute Gasteiger partial charge is 0.427 e. The van der Waals surface area contributed by atoms with Crippen molar-refractivity contribution in [2.75, 3.05) is 0 Å². The lowest BCUT2D eigenvalue weighted by Gasteiger charge is -2.12. The first-order valence-electron chi connectivity index (χ1n) is 6.34. The Morgan fingerprint density at radius 1 is 1.00 bits per heavy atom. The van der Waals surface area contributed by atoms with Gasteiger partial charge in [-0.15, -0.1) is 0 Å². The number of hydrogen-bond donors (Lipinski definition) is 2. The van der Waals surface area contributed by atoms with E-state index in [9.17, 15) is 0 Å². The van der Waals surface area contributed by atoms with Crippen molar-refractivity contribution >= 4 is 14.2 Å². The highest BCUT2D eigenvalue weighted by Gasteiger charge is 2.08. The van der Waals surface area contributed by atoms with Crippen LogP contribution in [0, 0.1) is 0 Å². The highest BCUT2D eigenvalue weighted by Crippen LogP contribution is 2.32. The SMILES string of the molecule is C=C(CCc1ccccc1OP(O)O)c1ccccc1. The third kappa shape index (κ3) is 4.17. The first-order chi connectivity index (χ1) is 9.66. The van der Waals surface area contributed by atoms with E-state index in [1.54, 1.807) is 6.07 Å². The molecule has 0 spiro atoms. The summed E-state index contributed by atoms with van der Waals surface area (Å²) in [5, 5.41) is 0. The summed E-state index contributed by atoms with van der Waals surface area (Å²) in [5.41, 5.74) is 3.12. The van der Waals surface area contributed by atoms with Gasteiger partial charge in [-0.05, 0) is 35.6 Å². The molecule has 2 N–H and O–H groups in total. The molecule has 0 bridgehead atoms. The van der Waals surface area contributed by atoms with Crippen LogP contribution in [0.5, 0.6) is 5.75 Å². The van der Waals surface area contributed by atoms with E-state index < -0.39 is 8.60 Å². The average molecular weight is 288 g/mol. The molecule has 4 heteroatoms. The Morgan fingerprint density at radius 3 is 2.35 bits per heavy atom. The minimum absolute atomic E-state index is 0.518. The maximum absolute atomic E-state index is 8.97. The predicted molar refractivity (Wildman–Crippen MR) is 82.2 cm³/mol. The van der Waals surface area contributed by atoms with E-state index in [4.69, 9.17) is 14.3 Å². The summed E-state index contributed by atoms with van der Waals surface area (Å²) in [7, 11) is -2.39. The van der Waals surface area contributed by atoms with Crippen LogP contribution >= 0.6 is 8.60 Å². The van der Waals surface area contributed by atoms with E-state index in [-0.39, 0.29) is 0 Å². The van der Waals surface area contributed by atoms with Crippen LogP contribution in [-0.2, 0) is 6.42 Å². The fraction of sp³-hybridized carbons (Fsp3) is 0.125. The summed E-state index contributed by atoms with van der Waals surface area (Å²) in [5.74, 6) is 0.518. The van der Waals surface area contributed by atoms with Crippen LogP contribution in [0.2, 0.25) is 0 Å². The molecule has 3 nitrogen and oxygen atoms in total. The van der Waals surface area contributed by atoms with Crippen LogP contribution in [-0.4, -0.2) is 9.79 Å². The first-order valence-corrected chi connectivity index (χ1v) is 7.50. The second-order valence-corrected chi connectivity index (χ2v) is 5.11. The number of allylic oxidation sites excluding steroid dienone is 1. The fourth-order valence-corrected chi connectivity index (χ4v) is 2.35. The lowest BCUT2D eigenvalue weighted by molar-refractivity contribution is 0.373. The Hall–Kier alpha value is -1.67. The van der Waals surface area contributed by atoms with Crippen molar-refractivity contribution in [1.29, 1.82) is 0 Å². The van der Waals surface area contributed by atoms with Gasteiger partial charge in [-0.1, -0.05) is 55.1 Å². The van der Waals surface area contributed by atoms with Crippen LogP contribution in [0.4, 0.5) is 0 Å². The van der Waals surface area contributed by atoms with E-state index in [1.165, 1.54) is 0 Å². The quantitative estimate of drug-likeness (QED) is 0.792. The van der Waals surface area contributed by atoms with Crippen LogP contribution in [0.25, 0.3) is 5.57 Å². The Morgan fingerprint density at radius 2 is 1.65 bits per heavy atom.